The van der Waals surface area contributed by atoms with Crippen molar-refractivity contribution in [3.05, 3.63) is 12.4 Å². The minimum Gasteiger partial charge on any atom is -0.444 e. The molecular formula is C26H44BN5O5. The number of nitrogens with zero attached hydrogens (tertiary/aromatic N) is 2. The van der Waals surface area contributed by atoms with Crippen LogP contribution >= 0.6 is 0 Å². The van der Waals surface area contributed by atoms with Crippen molar-refractivity contribution in [2.45, 2.75) is 123 Å². The van der Waals surface area contributed by atoms with Crippen molar-refractivity contribution in [2.24, 2.45) is 5.92 Å². The summed E-state index contributed by atoms with van der Waals surface area (Å²) in [6, 6.07) is -0.850. The molecule has 11 heteroatoms. The lowest BCUT2D eigenvalue weighted by Crippen LogP contribution is -2.56. The van der Waals surface area contributed by atoms with Gasteiger partial charge in [-0.2, -0.15) is 0 Å². The van der Waals surface area contributed by atoms with E-state index in [1.54, 1.807) is 33.2 Å². The lowest BCUT2D eigenvalue weighted by molar-refractivity contribution is -0.125. The average Bonchev–Trinajstić information content (AvgIpc) is 2.99. The summed E-state index contributed by atoms with van der Waals surface area (Å²) in [5, 5.41) is 9.27. The molecule has 3 N–H and O–H groups in total. The fraction of sp³-hybridized carbons (Fsp3) is 0.769. The van der Waals surface area contributed by atoms with Crippen molar-refractivity contribution in [1.82, 2.24) is 20.6 Å². The predicted molar refractivity (Wildman–Crippen MR) is 144 cm³/mol. The zero-order valence-corrected chi connectivity index (χ0v) is 23.8. The van der Waals surface area contributed by atoms with Crippen LogP contribution < -0.4 is 21.4 Å². The molecule has 3 atom stereocenters. The minimum atomic E-state index is -0.701. The molecule has 0 radical (unpaired) electrons. The van der Waals surface area contributed by atoms with Crippen molar-refractivity contribution in [1.29, 1.82) is 0 Å². The highest BCUT2D eigenvalue weighted by Crippen LogP contribution is 2.36. The van der Waals surface area contributed by atoms with Crippen molar-refractivity contribution in [2.75, 3.05) is 5.32 Å². The lowest BCUT2D eigenvalue weighted by Gasteiger charge is -2.34. The van der Waals surface area contributed by atoms with Crippen molar-refractivity contribution in [3.63, 3.8) is 0 Å². The van der Waals surface area contributed by atoms with Gasteiger partial charge >= 0.3 is 13.2 Å². The van der Waals surface area contributed by atoms with Crippen LogP contribution in [0.2, 0.25) is 0 Å². The summed E-state index contributed by atoms with van der Waals surface area (Å²) in [4.78, 5) is 34.5. The van der Waals surface area contributed by atoms with E-state index in [0.29, 0.717) is 5.95 Å². The molecule has 0 bridgehead atoms. The largest absolute Gasteiger partial charge is 0.498 e. The molecular weight excluding hydrogens is 473 g/mol. The standard InChI is InChI=1S/C26H44BN5O5/c1-16(2)20(32-23(34)35-24(3,4)5)21(33)30-18-12-10-11-13-19(18)31-22-28-14-17(15-29-22)27-36-25(6,7)26(8,9)37-27/h14-16,18-20H,10-13H2,1-9H3,(H,30,33)(H,32,34)(H,28,29,31)/t18-,19-,20+/m0/s1. The molecule has 1 aliphatic heterocycles. The molecule has 1 aliphatic carbocycles. The molecule has 3 rings (SSSR count). The third kappa shape index (κ3) is 7.57. The second-order valence-electron chi connectivity index (χ2n) is 12.4. The van der Waals surface area contributed by atoms with E-state index >= 15 is 0 Å². The highest BCUT2D eigenvalue weighted by Gasteiger charge is 2.52. The Hall–Kier alpha value is -2.40. The molecule has 206 valence electrons. The van der Waals surface area contributed by atoms with E-state index in [1.165, 1.54) is 0 Å². The molecule has 2 fully saturated rings. The van der Waals surface area contributed by atoms with Gasteiger partial charge in [0.15, 0.2) is 0 Å². The number of hydrogen-bond donors (Lipinski definition) is 3. The highest BCUT2D eigenvalue weighted by atomic mass is 16.7. The van der Waals surface area contributed by atoms with E-state index in [4.69, 9.17) is 14.0 Å². The first-order chi connectivity index (χ1) is 17.1. The maximum atomic E-state index is 13.2. The van der Waals surface area contributed by atoms with Crippen LogP contribution in [0.3, 0.4) is 0 Å². The number of carbonyl (C=O) groups is 2. The van der Waals surface area contributed by atoms with Crippen LogP contribution in [-0.2, 0) is 18.8 Å². The molecule has 10 nitrogen and oxygen atoms in total. The van der Waals surface area contributed by atoms with Crippen LogP contribution in [0, 0.1) is 5.92 Å². The zero-order chi connectivity index (χ0) is 27.6. The number of anilines is 1. The molecule has 1 saturated carbocycles. The minimum absolute atomic E-state index is 0.0327. The summed E-state index contributed by atoms with van der Waals surface area (Å²) in [7, 11) is -0.522. The fourth-order valence-corrected chi connectivity index (χ4v) is 4.40. The molecule has 1 saturated heterocycles. The molecule has 2 aliphatic rings. The third-order valence-electron chi connectivity index (χ3n) is 7.23. The molecule has 37 heavy (non-hydrogen) atoms. The zero-order valence-electron chi connectivity index (χ0n) is 23.8. The van der Waals surface area contributed by atoms with Crippen LogP contribution in [0.15, 0.2) is 12.4 Å². The summed E-state index contributed by atoms with van der Waals surface area (Å²) in [6.07, 6.45) is 6.58. The van der Waals surface area contributed by atoms with E-state index in [2.05, 4.69) is 25.9 Å². The van der Waals surface area contributed by atoms with E-state index < -0.39 is 36.1 Å². The summed E-state index contributed by atoms with van der Waals surface area (Å²) >= 11 is 0. The van der Waals surface area contributed by atoms with Crippen LogP contribution in [0.5, 0.6) is 0 Å². The number of ether oxygens (including phenoxy) is 1. The van der Waals surface area contributed by atoms with Gasteiger partial charge in [0, 0.05) is 29.9 Å². The first kappa shape index (κ1) is 29.2. The third-order valence-corrected chi connectivity index (χ3v) is 7.23. The Labute approximate surface area is 221 Å². The second kappa shape index (κ2) is 11.1. The Balaban J connectivity index is 1.62. The Morgan fingerprint density at radius 3 is 2.08 bits per heavy atom. The molecule has 0 aromatic carbocycles. The smallest absolute Gasteiger partial charge is 0.444 e. The summed E-state index contributed by atoms with van der Waals surface area (Å²) in [5.41, 5.74) is -0.758. The highest BCUT2D eigenvalue weighted by molar-refractivity contribution is 6.61. The number of amides is 2. The monoisotopic (exact) mass is 517 g/mol. The number of alkyl carbamates (subject to hydrolysis) is 1. The van der Waals surface area contributed by atoms with Crippen LogP contribution in [0.1, 0.15) is 88.0 Å². The molecule has 2 heterocycles. The Morgan fingerprint density at radius 2 is 1.57 bits per heavy atom. The maximum absolute atomic E-state index is 13.2. The van der Waals surface area contributed by atoms with Gasteiger partial charge in [-0.25, -0.2) is 14.8 Å². The number of carbonyl (C=O) groups excluding carboxylic acids is 2. The topological polar surface area (TPSA) is 124 Å². The van der Waals surface area contributed by atoms with Gasteiger partial charge in [-0.3, -0.25) is 4.79 Å². The van der Waals surface area contributed by atoms with Gasteiger partial charge < -0.3 is 30.0 Å². The summed E-state index contributed by atoms with van der Waals surface area (Å²) in [6.45, 7) is 17.2. The van der Waals surface area contributed by atoms with Gasteiger partial charge in [0.2, 0.25) is 11.9 Å². The van der Waals surface area contributed by atoms with Crippen molar-refractivity contribution < 1.29 is 23.6 Å². The van der Waals surface area contributed by atoms with E-state index in [1.807, 2.05) is 41.5 Å². The molecule has 1 aromatic rings. The van der Waals surface area contributed by atoms with E-state index in [0.717, 1.165) is 31.1 Å². The quantitative estimate of drug-likeness (QED) is 0.472. The molecule has 2 amide bonds. The SMILES string of the molecule is CC(C)[C@@H](NC(=O)OC(C)(C)C)C(=O)N[C@H]1CCCC[C@@H]1Nc1ncc(B2OC(C)(C)C(C)(C)O2)cn1. The summed E-state index contributed by atoms with van der Waals surface area (Å²) in [5.74, 6) is 0.156. The fourth-order valence-electron chi connectivity index (χ4n) is 4.40. The Bertz CT molecular complexity index is 932. The molecule has 0 spiro atoms. The molecule has 1 aromatic heterocycles. The first-order valence-electron chi connectivity index (χ1n) is 13.3. The maximum Gasteiger partial charge on any atom is 0.498 e. The van der Waals surface area contributed by atoms with Crippen LogP contribution in [0.4, 0.5) is 10.7 Å². The number of aromatic nitrogens is 2. The predicted octanol–water partition coefficient (Wildman–Crippen LogP) is 3.16. The van der Waals surface area contributed by atoms with Gasteiger partial charge in [-0.05, 0) is 67.2 Å². The van der Waals surface area contributed by atoms with Crippen LogP contribution in [0.25, 0.3) is 0 Å². The summed E-state index contributed by atoms with van der Waals surface area (Å²) < 4.78 is 17.5. The second-order valence-corrected chi connectivity index (χ2v) is 12.4. The average molecular weight is 517 g/mol. The first-order valence-corrected chi connectivity index (χ1v) is 13.3. The van der Waals surface area contributed by atoms with E-state index in [9.17, 15) is 9.59 Å². The lowest BCUT2D eigenvalue weighted by atomic mass is 9.81. The normalized spacial score (nSPS) is 23.9. The van der Waals surface area contributed by atoms with Gasteiger partial charge in [0.1, 0.15) is 11.6 Å². The molecule has 0 unspecified atom stereocenters. The van der Waals surface area contributed by atoms with Crippen LogP contribution in [-0.4, -0.2) is 64.0 Å². The van der Waals surface area contributed by atoms with Crippen molar-refractivity contribution in [3.8, 4) is 0 Å². The van der Waals surface area contributed by atoms with Gasteiger partial charge in [0.05, 0.1) is 11.2 Å². The van der Waals surface area contributed by atoms with Gasteiger partial charge in [-0.15, -0.1) is 0 Å². The van der Waals surface area contributed by atoms with Gasteiger partial charge in [0.25, 0.3) is 0 Å². The van der Waals surface area contributed by atoms with Gasteiger partial charge in [-0.1, -0.05) is 26.7 Å². The Morgan fingerprint density at radius 1 is 1.03 bits per heavy atom. The number of rotatable bonds is 7. The number of nitrogens with one attached hydrogen (secondary N) is 3. The van der Waals surface area contributed by atoms with Crippen molar-refractivity contribution >= 4 is 30.5 Å². The number of hydrogen-bond acceptors (Lipinski definition) is 8. The van der Waals surface area contributed by atoms with E-state index in [-0.39, 0.29) is 23.9 Å². The Kier molecular flexibility index (Phi) is 8.79.